The molecule has 0 amide bonds. The van der Waals surface area contributed by atoms with E-state index in [-0.39, 0.29) is 0 Å². The van der Waals surface area contributed by atoms with Crippen LogP contribution in [0.25, 0.3) is 0 Å². The maximum absolute atomic E-state index is 3.64. The monoisotopic (exact) mass is 287 g/mol. The molecule has 2 aliphatic rings. The number of nitrogens with one attached hydrogen (secondary N) is 1. The lowest BCUT2D eigenvalue weighted by Gasteiger charge is -2.29. The van der Waals surface area contributed by atoms with Gasteiger partial charge in [-0.25, -0.2) is 0 Å². The van der Waals surface area contributed by atoms with Gasteiger partial charge in [-0.3, -0.25) is 0 Å². The summed E-state index contributed by atoms with van der Waals surface area (Å²) in [6.07, 6.45) is 6.58. The predicted octanol–water partition coefficient (Wildman–Crippen LogP) is 3.26. The van der Waals surface area contributed by atoms with E-state index in [1.165, 1.54) is 63.1 Å². The fraction of sp³-hybridized carbons (Fsp3) is 0.667. The minimum Gasteiger partial charge on any atom is -0.372 e. The van der Waals surface area contributed by atoms with Crippen molar-refractivity contribution in [3.05, 3.63) is 24.3 Å². The fourth-order valence-electron chi connectivity index (χ4n) is 3.56. The summed E-state index contributed by atoms with van der Waals surface area (Å²) in [5, 5.41) is 3.64. The van der Waals surface area contributed by atoms with Crippen molar-refractivity contribution in [2.75, 3.05) is 42.5 Å². The molecule has 2 fully saturated rings. The van der Waals surface area contributed by atoms with Crippen LogP contribution in [0.3, 0.4) is 0 Å². The topological polar surface area (TPSA) is 18.5 Å². The molecule has 2 saturated heterocycles. The Hall–Kier alpha value is -1.22. The SMILES string of the molecule is CCC1CCN(c2ccc(N3CCCCC3)cc2)CCN1. The third kappa shape index (κ3) is 3.70. The minimum atomic E-state index is 0.697. The van der Waals surface area contributed by atoms with Crippen molar-refractivity contribution in [2.24, 2.45) is 0 Å². The Labute approximate surface area is 129 Å². The largest absolute Gasteiger partial charge is 0.372 e. The summed E-state index contributed by atoms with van der Waals surface area (Å²) < 4.78 is 0. The van der Waals surface area contributed by atoms with Crippen LogP contribution >= 0.6 is 0 Å². The lowest BCUT2D eigenvalue weighted by atomic mass is 10.1. The van der Waals surface area contributed by atoms with E-state index in [9.17, 15) is 0 Å². The Morgan fingerprint density at radius 3 is 2.14 bits per heavy atom. The molecule has 3 nitrogen and oxygen atoms in total. The molecule has 0 saturated carbocycles. The first-order chi connectivity index (χ1) is 10.4. The highest BCUT2D eigenvalue weighted by Gasteiger charge is 2.16. The van der Waals surface area contributed by atoms with E-state index in [4.69, 9.17) is 0 Å². The van der Waals surface area contributed by atoms with Gasteiger partial charge in [0, 0.05) is 50.1 Å². The van der Waals surface area contributed by atoms with E-state index >= 15 is 0 Å². The molecule has 3 rings (SSSR count). The lowest BCUT2D eigenvalue weighted by Crippen LogP contribution is -2.30. The first kappa shape index (κ1) is 14.7. The van der Waals surface area contributed by atoms with Crippen LogP contribution in [-0.2, 0) is 0 Å². The Morgan fingerprint density at radius 2 is 1.52 bits per heavy atom. The molecule has 1 aromatic rings. The lowest BCUT2D eigenvalue weighted by molar-refractivity contribution is 0.510. The molecule has 116 valence electrons. The van der Waals surface area contributed by atoms with Gasteiger partial charge in [0.25, 0.3) is 0 Å². The van der Waals surface area contributed by atoms with Crippen molar-refractivity contribution in [1.29, 1.82) is 0 Å². The highest BCUT2D eigenvalue weighted by atomic mass is 15.2. The van der Waals surface area contributed by atoms with Crippen LogP contribution in [0, 0.1) is 0 Å². The molecule has 2 heterocycles. The molecule has 1 N–H and O–H groups in total. The first-order valence-electron chi connectivity index (χ1n) is 8.70. The van der Waals surface area contributed by atoms with E-state index in [0.29, 0.717) is 6.04 Å². The highest BCUT2D eigenvalue weighted by molar-refractivity contribution is 5.56. The van der Waals surface area contributed by atoms with Crippen LogP contribution in [0.2, 0.25) is 0 Å². The molecule has 0 bridgehead atoms. The van der Waals surface area contributed by atoms with Crippen LogP contribution in [0.5, 0.6) is 0 Å². The third-order valence-corrected chi connectivity index (χ3v) is 4.99. The summed E-state index contributed by atoms with van der Waals surface area (Å²) in [6.45, 7) is 8.14. The van der Waals surface area contributed by atoms with Gasteiger partial charge in [0.05, 0.1) is 0 Å². The highest BCUT2D eigenvalue weighted by Crippen LogP contribution is 2.24. The van der Waals surface area contributed by atoms with Gasteiger partial charge in [-0.15, -0.1) is 0 Å². The normalized spacial score (nSPS) is 24.0. The van der Waals surface area contributed by atoms with Gasteiger partial charge in [-0.2, -0.15) is 0 Å². The number of hydrogen-bond donors (Lipinski definition) is 1. The van der Waals surface area contributed by atoms with Gasteiger partial charge in [-0.1, -0.05) is 6.92 Å². The van der Waals surface area contributed by atoms with E-state index in [1.807, 2.05) is 0 Å². The zero-order valence-corrected chi connectivity index (χ0v) is 13.4. The van der Waals surface area contributed by atoms with E-state index in [2.05, 4.69) is 46.3 Å². The molecule has 1 unspecified atom stereocenters. The van der Waals surface area contributed by atoms with E-state index in [1.54, 1.807) is 0 Å². The summed E-state index contributed by atoms with van der Waals surface area (Å²) in [5.74, 6) is 0. The number of piperidine rings is 1. The number of hydrogen-bond acceptors (Lipinski definition) is 3. The Morgan fingerprint density at radius 1 is 0.905 bits per heavy atom. The van der Waals surface area contributed by atoms with Crippen LogP contribution in [0.1, 0.15) is 39.0 Å². The van der Waals surface area contributed by atoms with Crippen LogP contribution in [0.4, 0.5) is 11.4 Å². The molecular weight excluding hydrogens is 258 g/mol. The van der Waals surface area contributed by atoms with Gasteiger partial charge < -0.3 is 15.1 Å². The third-order valence-electron chi connectivity index (χ3n) is 4.99. The van der Waals surface area contributed by atoms with Gasteiger partial charge >= 0.3 is 0 Å². The molecule has 2 aliphatic heterocycles. The molecule has 1 aromatic carbocycles. The van der Waals surface area contributed by atoms with Gasteiger partial charge in [0.2, 0.25) is 0 Å². The van der Waals surface area contributed by atoms with E-state index < -0.39 is 0 Å². The van der Waals surface area contributed by atoms with Crippen molar-refractivity contribution in [3.8, 4) is 0 Å². The van der Waals surface area contributed by atoms with Crippen molar-refractivity contribution >= 4 is 11.4 Å². The van der Waals surface area contributed by atoms with E-state index in [0.717, 1.165) is 13.1 Å². The second-order valence-electron chi connectivity index (χ2n) is 6.40. The van der Waals surface area contributed by atoms with Crippen LogP contribution < -0.4 is 15.1 Å². The summed E-state index contributed by atoms with van der Waals surface area (Å²) in [4.78, 5) is 5.06. The molecule has 3 heteroatoms. The van der Waals surface area contributed by atoms with Gasteiger partial charge in [-0.05, 0) is 56.4 Å². The number of rotatable bonds is 3. The average molecular weight is 287 g/mol. The Balaban J connectivity index is 1.63. The van der Waals surface area contributed by atoms with Crippen molar-refractivity contribution in [1.82, 2.24) is 5.32 Å². The zero-order chi connectivity index (χ0) is 14.5. The molecule has 0 aliphatic carbocycles. The quantitative estimate of drug-likeness (QED) is 0.920. The number of anilines is 2. The minimum absolute atomic E-state index is 0.697. The van der Waals surface area contributed by atoms with Crippen molar-refractivity contribution in [3.63, 3.8) is 0 Å². The molecule has 0 aromatic heterocycles. The molecule has 0 spiro atoms. The Kier molecular flexibility index (Phi) is 5.02. The molecular formula is C18H29N3. The number of nitrogens with zero attached hydrogens (tertiary/aromatic N) is 2. The maximum Gasteiger partial charge on any atom is 0.0368 e. The maximum atomic E-state index is 3.64. The van der Waals surface area contributed by atoms with Crippen molar-refractivity contribution < 1.29 is 0 Å². The van der Waals surface area contributed by atoms with Crippen LogP contribution in [-0.4, -0.2) is 38.8 Å². The average Bonchev–Trinajstić information content (AvgIpc) is 2.81. The summed E-state index contributed by atoms with van der Waals surface area (Å²) in [7, 11) is 0. The van der Waals surface area contributed by atoms with Gasteiger partial charge in [0.1, 0.15) is 0 Å². The smallest absolute Gasteiger partial charge is 0.0368 e. The number of benzene rings is 1. The standard InChI is InChI=1S/C18H29N3/c1-2-16-10-14-21(15-11-19-16)18-8-6-17(7-9-18)20-12-4-3-5-13-20/h6-9,16,19H,2-5,10-15H2,1H3. The summed E-state index contributed by atoms with van der Waals surface area (Å²) >= 11 is 0. The van der Waals surface area contributed by atoms with Gasteiger partial charge in [0.15, 0.2) is 0 Å². The molecule has 1 atom stereocenters. The summed E-state index contributed by atoms with van der Waals surface area (Å²) in [6, 6.07) is 9.96. The second kappa shape index (κ2) is 7.17. The molecule has 0 radical (unpaired) electrons. The summed E-state index contributed by atoms with van der Waals surface area (Å²) in [5.41, 5.74) is 2.78. The van der Waals surface area contributed by atoms with Crippen LogP contribution in [0.15, 0.2) is 24.3 Å². The zero-order valence-electron chi connectivity index (χ0n) is 13.4. The predicted molar refractivity (Wildman–Crippen MR) is 91.4 cm³/mol. The fourth-order valence-corrected chi connectivity index (χ4v) is 3.56. The van der Waals surface area contributed by atoms with Crippen molar-refractivity contribution in [2.45, 2.75) is 45.1 Å². The first-order valence-corrected chi connectivity index (χ1v) is 8.70. The Bertz CT molecular complexity index is 423. The second-order valence-corrected chi connectivity index (χ2v) is 6.40. The molecule has 21 heavy (non-hydrogen) atoms.